The minimum absolute atomic E-state index is 0.0718. The van der Waals surface area contributed by atoms with Crippen molar-refractivity contribution >= 4 is 35.2 Å². The van der Waals surface area contributed by atoms with E-state index in [0.717, 1.165) is 29.7 Å². The highest BCUT2D eigenvalue weighted by molar-refractivity contribution is 7.99. The van der Waals surface area contributed by atoms with Crippen LogP contribution in [0.15, 0.2) is 84.9 Å². The lowest BCUT2D eigenvalue weighted by molar-refractivity contribution is -0.139. The normalized spacial score (nSPS) is 11.6. The summed E-state index contributed by atoms with van der Waals surface area (Å²) < 4.78 is 0. The molecule has 3 rings (SSSR count). The summed E-state index contributed by atoms with van der Waals surface area (Å²) in [7, 11) is 0. The second-order valence-corrected chi connectivity index (χ2v) is 9.83. The van der Waals surface area contributed by atoms with Crippen LogP contribution >= 0.6 is 23.4 Å². The van der Waals surface area contributed by atoms with E-state index in [1.54, 1.807) is 16.7 Å². The Balaban J connectivity index is 1.84. The average Bonchev–Trinajstić information content (AvgIpc) is 2.88. The molecule has 3 aromatic rings. The standard InChI is InChI=1S/C29H33ClN2O2S/c1-2-3-18-31-29(34)27(19-23-12-6-4-7-13-23)32(20-25-16-10-11-17-26(25)30)28(33)22-35-21-24-14-8-5-9-15-24/h4-17,27H,2-3,18-22H2,1H3,(H,31,34). The molecule has 0 fully saturated rings. The fraction of sp³-hybridized carbons (Fsp3) is 0.310. The molecule has 0 saturated carbocycles. The highest BCUT2D eigenvalue weighted by Crippen LogP contribution is 2.22. The number of hydrogen-bond donors (Lipinski definition) is 1. The van der Waals surface area contributed by atoms with Crippen LogP contribution in [0.3, 0.4) is 0 Å². The lowest BCUT2D eigenvalue weighted by Gasteiger charge is -2.32. The van der Waals surface area contributed by atoms with E-state index >= 15 is 0 Å². The molecule has 0 saturated heterocycles. The number of amides is 2. The van der Waals surface area contributed by atoms with Gasteiger partial charge in [0.15, 0.2) is 0 Å². The van der Waals surface area contributed by atoms with Crippen LogP contribution in [0, 0.1) is 0 Å². The predicted octanol–water partition coefficient (Wildman–Crippen LogP) is 6.13. The second kappa shape index (κ2) is 14.6. The number of unbranched alkanes of at least 4 members (excludes halogenated alkanes) is 1. The average molecular weight is 509 g/mol. The van der Waals surface area contributed by atoms with Crippen LogP contribution in [0.2, 0.25) is 5.02 Å². The van der Waals surface area contributed by atoms with Crippen LogP contribution in [0.5, 0.6) is 0 Å². The lowest BCUT2D eigenvalue weighted by atomic mass is 10.0. The molecular weight excluding hydrogens is 476 g/mol. The van der Waals surface area contributed by atoms with Crippen molar-refractivity contribution in [2.24, 2.45) is 0 Å². The van der Waals surface area contributed by atoms with Crippen molar-refractivity contribution in [3.8, 4) is 0 Å². The Morgan fingerprint density at radius 2 is 1.54 bits per heavy atom. The minimum Gasteiger partial charge on any atom is -0.354 e. The molecular formula is C29H33ClN2O2S. The maximum atomic E-state index is 13.6. The van der Waals surface area contributed by atoms with Gasteiger partial charge in [-0.1, -0.05) is 104 Å². The number of nitrogens with one attached hydrogen (secondary N) is 1. The molecule has 184 valence electrons. The number of rotatable bonds is 13. The van der Waals surface area contributed by atoms with Gasteiger partial charge in [0.1, 0.15) is 6.04 Å². The van der Waals surface area contributed by atoms with E-state index < -0.39 is 6.04 Å². The molecule has 4 nitrogen and oxygen atoms in total. The summed E-state index contributed by atoms with van der Waals surface area (Å²) >= 11 is 8.02. The van der Waals surface area contributed by atoms with Gasteiger partial charge >= 0.3 is 0 Å². The largest absolute Gasteiger partial charge is 0.354 e. The zero-order valence-corrected chi connectivity index (χ0v) is 21.7. The van der Waals surface area contributed by atoms with Gasteiger partial charge in [-0.25, -0.2) is 0 Å². The minimum atomic E-state index is -0.629. The van der Waals surface area contributed by atoms with E-state index in [2.05, 4.69) is 24.4 Å². The molecule has 0 aliphatic heterocycles. The third-order valence-corrected chi connectivity index (χ3v) is 7.09. The molecule has 0 radical (unpaired) electrons. The van der Waals surface area contributed by atoms with Crippen LogP contribution in [0.4, 0.5) is 0 Å². The fourth-order valence-corrected chi connectivity index (χ4v) is 4.85. The van der Waals surface area contributed by atoms with Crippen LogP contribution < -0.4 is 5.32 Å². The molecule has 3 aromatic carbocycles. The number of carbonyl (C=O) groups is 2. The first-order valence-corrected chi connectivity index (χ1v) is 13.6. The van der Waals surface area contributed by atoms with Gasteiger partial charge in [0, 0.05) is 30.3 Å². The maximum Gasteiger partial charge on any atom is 0.243 e. The van der Waals surface area contributed by atoms with Gasteiger partial charge in [-0.3, -0.25) is 9.59 Å². The molecule has 0 aliphatic rings. The molecule has 35 heavy (non-hydrogen) atoms. The molecule has 0 aromatic heterocycles. The zero-order chi connectivity index (χ0) is 24.9. The van der Waals surface area contributed by atoms with Gasteiger partial charge in [-0.05, 0) is 29.2 Å². The van der Waals surface area contributed by atoms with Crippen molar-refractivity contribution in [3.05, 3.63) is 107 Å². The van der Waals surface area contributed by atoms with Crippen LogP contribution in [0.25, 0.3) is 0 Å². The quantitative estimate of drug-likeness (QED) is 0.282. The van der Waals surface area contributed by atoms with E-state index in [1.807, 2.05) is 72.8 Å². The van der Waals surface area contributed by atoms with E-state index in [0.29, 0.717) is 18.0 Å². The Kier molecular flexibility index (Phi) is 11.2. The molecule has 1 atom stereocenters. The highest BCUT2D eigenvalue weighted by Gasteiger charge is 2.30. The van der Waals surface area contributed by atoms with Crippen LogP contribution in [-0.2, 0) is 28.3 Å². The monoisotopic (exact) mass is 508 g/mol. The van der Waals surface area contributed by atoms with Crippen molar-refractivity contribution in [2.75, 3.05) is 12.3 Å². The SMILES string of the molecule is CCCCNC(=O)C(Cc1ccccc1)N(Cc1ccccc1Cl)C(=O)CSCc1ccccc1. The Bertz CT molecular complexity index is 1060. The number of hydrogen-bond acceptors (Lipinski definition) is 3. The van der Waals surface area contributed by atoms with Crippen LogP contribution in [0.1, 0.15) is 36.5 Å². The van der Waals surface area contributed by atoms with Crippen molar-refractivity contribution in [1.29, 1.82) is 0 Å². The van der Waals surface area contributed by atoms with Crippen molar-refractivity contribution in [2.45, 2.75) is 44.5 Å². The summed E-state index contributed by atoms with van der Waals surface area (Å²) in [4.78, 5) is 28.7. The Labute approximate surface area is 218 Å². The molecule has 1 N–H and O–H groups in total. The van der Waals surface area contributed by atoms with Gasteiger partial charge in [0.25, 0.3) is 0 Å². The molecule has 1 unspecified atom stereocenters. The first-order chi connectivity index (χ1) is 17.1. The number of carbonyl (C=O) groups excluding carboxylic acids is 2. The first kappa shape index (κ1) is 26.8. The van der Waals surface area contributed by atoms with Gasteiger partial charge < -0.3 is 10.2 Å². The number of thioether (sulfide) groups is 1. The fourth-order valence-electron chi connectivity index (χ4n) is 3.78. The van der Waals surface area contributed by atoms with Crippen molar-refractivity contribution in [3.63, 3.8) is 0 Å². The summed E-state index contributed by atoms with van der Waals surface area (Å²) in [5.74, 6) is 0.819. The highest BCUT2D eigenvalue weighted by atomic mass is 35.5. The maximum absolute atomic E-state index is 13.6. The smallest absolute Gasteiger partial charge is 0.243 e. The summed E-state index contributed by atoms with van der Waals surface area (Å²) in [6.45, 7) is 2.96. The van der Waals surface area contributed by atoms with E-state index in [1.165, 1.54) is 5.56 Å². The Morgan fingerprint density at radius 3 is 2.20 bits per heavy atom. The molecule has 2 amide bonds. The molecule has 0 aliphatic carbocycles. The topological polar surface area (TPSA) is 49.4 Å². The van der Waals surface area contributed by atoms with Crippen molar-refractivity contribution in [1.82, 2.24) is 10.2 Å². The molecule has 0 spiro atoms. The van der Waals surface area contributed by atoms with E-state index in [9.17, 15) is 9.59 Å². The third-order valence-electron chi connectivity index (χ3n) is 5.74. The predicted molar refractivity (Wildman–Crippen MR) is 146 cm³/mol. The molecule has 0 heterocycles. The van der Waals surface area contributed by atoms with Gasteiger partial charge in [0.05, 0.1) is 5.75 Å². The summed E-state index contributed by atoms with van der Waals surface area (Å²) in [6, 6.07) is 26.8. The Hall–Kier alpha value is -2.76. The summed E-state index contributed by atoms with van der Waals surface area (Å²) in [6.07, 6.45) is 2.33. The first-order valence-electron chi connectivity index (χ1n) is 12.0. The summed E-state index contributed by atoms with van der Waals surface area (Å²) in [5, 5.41) is 3.64. The van der Waals surface area contributed by atoms with Gasteiger partial charge in [-0.15, -0.1) is 11.8 Å². The summed E-state index contributed by atoms with van der Waals surface area (Å²) in [5.41, 5.74) is 3.01. The number of benzene rings is 3. The second-order valence-electron chi connectivity index (χ2n) is 8.44. The lowest BCUT2D eigenvalue weighted by Crippen LogP contribution is -2.51. The number of halogens is 1. The molecule has 6 heteroatoms. The van der Waals surface area contributed by atoms with Gasteiger partial charge in [-0.2, -0.15) is 0 Å². The Morgan fingerprint density at radius 1 is 0.914 bits per heavy atom. The zero-order valence-electron chi connectivity index (χ0n) is 20.2. The van der Waals surface area contributed by atoms with Gasteiger partial charge in [0.2, 0.25) is 11.8 Å². The third kappa shape index (κ3) is 8.75. The van der Waals surface area contributed by atoms with E-state index in [-0.39, 0.29) is 24.1 Å². The molecule has 0 bridgehead atoms. The van der Waals surface area contributed by atoms with E-state index in [4.69, 9.17) is 11.6 Å². The van der Waals surface area contributed by atoms with Crippen LogP contribution in [-0.4, -0.2) is 35.1 Å². The number of nitrogens with zero attached hydrogens (tertiary/aromatic N) is 1. The van der Waals surface area contributed by atoms with Crippen molar-refractivity contribution < 1.29 is 9.59 Å².